The van der Waals surface area contributed by atoms with E-state index in [0.29, 0.717) is 11.0 Å². The van der Waals surface area contributed by atoms with Crippen LogP contribution in [0, 0.1) is 5.92 Å². The van der Waals surface area contributed by atoms with Crippen LogP contribution in [-0.4, -0.2) is 43.2 Å². The van der Waals surface area contributed by atoms with Crippen molar-refractivity contribution < 1.29 is 4.74 Å². The van der Waals surface area contributed by atoms with E-state index >= 15 is 0 Å². The van der Waals surface area contributed by atoms with Gasteiger partial charge in [-0.05, 0) is 18.9 Å². The first-order chi connectivity index (χ1) is 7.78. The molecule has 0 aromatic carbocycles. The number of anilines is 1. The quantitative estimate of drug-likeness (QED) is 0.842. The molecule has 1 saturated heterocycles. The van der Waals surface area contributed by atoms with Gasteiger partial charge in [-0.25, -0.2) is 4.98 Å². The Hall–Kier alpha value is -0.650. The maximum atomic E-state index is 5.60. The number of thiazole rings is 1. The minimum Gasteiger partial charge on any atom is -0.384 e. The third kappa shape index (κ3) is 3.17. The molecule has 2 N–H and O–H groups in total. The second-order valence-electron chi connectivity index (χ2n) is 4.34. The van der Waals surface area contributed by atoms with Gasteiger partial charge in [-0.1, -0.05) is 0 Å². The number of methoxy groups -OCH3 is 1. The summed E-state index contributed by atoms with van der Waals surface area (Å²) in [6.45, 7) is 4.32. The first-order valence-electron chi connectivity index (χ1n) is 5.69. The highest BCUT2D eigenvalue weighted by molar-refractivity contribution is 7.13. The molecule has 16 heavy (non-hydrogen) atoms. The minimum absolute atomic E-state index is 0.675. The summed E-state index contributed by atoms with van der Waals surface area (Å²) in [5.41, 5.74) is 6.72. The SMILES string of the molecule is COCC1CCN(CCc2csc(N)n2)C1. The lowest BCUT2D eigenvalue weighted by Gasteiger charge is -2.14. The highest BCUT2D eigenvalue weighted by Crippen LogP contribution is 2.17. The fourth-order valence-corrected chi connectivity index (χ4v) is 2.80. The molecule has 1 atom stereocenters. The predicted molar refractivity (Wildman–Crippen MR) is 66.7 cm³/mol. The van der Waals surface area contributed by atoms with Crippen LogP contribution < -0.4 is 5.73 Å². The van der Waals surface area contributed by atoms with Crippen molar-refractivity contribution >= 4 is 16.5 Å². The molecule has 1 aromatic heterocycles. The minimum atomic E-state index is 0.675. The smallest absolute Gasteiger partial charge is 0.180 e. The Labute approximate surface area is 100 Å². The molecule has 1 aliphatic heterocycles. The van der Waals surface area contributed by atoms with Gasteiger partial charge in [0.25, 0.3) is 0 Å². The average molecular weight is 241 g/mol. The molecule has 2 heterocycles. The number of nitrogens with two attached hydrogens (primary N) is 1. The number of hydrogen-bond acceptors (Lipinski definition) is 5. The van der Waals surface area contributed by atoms with E-state index in [4.69, 9.17) is 10.5 Å². The Morgan fingerprint density at radius 3 is 3.25 bits per heavy atom. The topological polar surface area (TPSA) is 51.4 Å². The van der Waals surface area contributed by atoms with E-state index in [-0.39, 0.29) is 0 Å². The van der Waals surface area contributed by atoms with E-state index in [9.17, 15) is 0 Å². The lowest BCUT2D eigenvalue weighted by molar-refractivity contribution is 0.153. The van der Waals surface area contributed by atoms with Crippen LogP contribution in [0.4, 0.5) is 5.13 Å². The van der Waals surface area contributed by atoms with E-state index in [1.807, 2.05) is 0 Å². The van der Waals surface area contributed by atoms with Crippen LogP contribution >= 0.6 is 11.3 Å². The van der Waals surface area contributed by atoms with Gasteiger partial charge in [-0.2, -0.15) is 0 Å². The molecule has 90 valence electrons. The van der Waals surface area contributed by atoms with Crippen molar-refractivity contribution in [3.63, 3.8) is 0 Å². The van der Waals surface area contributed by atoms with Crippen molar-refractivity contribution in [3.05, 3.63) is 11.1 Å². The summed E-state index contributed by atoms with van der Waals surface area (Å²) in [7, 11) is 1.78. The van der Waals surface area contributed by atoms with Gasteiger partial charge >= 0.3 is 0 Å². The molecule has 1 fully saturated rings. The van der Waals surface area contributed by atoms with Crippen molar-refractivity contribution in [1.29, 1.82) is 0 Å². The second-order valence-corrected chi connectivity index (χ2v) is 5.23. The van der Waals surface area contributed by atoms with Crippen LogP contribution in [0.2, 0.25) is 0 Å². The van der Waals surface area contributed by atoms with Crippen molar-refractivity contribution in [3.8, 4) is 0 Å². The summed E-state index contributed by atoms with van der Waals surface area (Å²) in [6, 6.07) is 0. The van der Waals surface area contributed by atoms with Crippen molar-refractivity contribution in [2.24, 2.45) is 5.92 Å². The summed E-state index contributed by atoms with van der Waals surface area (Å²) in [5.74, 6) is 0.713. The van der Waals surface area contributed by atoms with Crippen LogP contribution in [-0.2, 0) is 11.2 Å². The largest absolute Gasteiger partial charge is 0.384 e. The zero-order valence-electron chi connectivity index (χ0n) is 9.69. The molecule has 0 aliphatic carbocycles. The van der Waals surface area contributed by atoms with Crippen LogP contribution in [0.25, 0.3) is 0 Å². The maximum Gasteiger partial charge on any atom is 0.180 e. The number of nitrogen functional groups attached to an aromatic ring is 1. The molecule has 0 spiro atoms. The Bertz CT molecular complexity index is 329. The van der Waals surface area contributed by atoms with E-state index in [2.05, 4.69) is 15.3 Å². The van der Waals surface area contributed by atoms with Crippen molar-refractivity contribution in [2.45, 2.75) is 12.8 Å². The number of aromatic nitrogens is 1. The molecule has 1 aromatic rings. The summed E-state index contributed by atoms with van der Waals surface area (Å²) in [5, 5.41) is 2.73. The number of likely N-dealkylation sites (tertiary alicyclic amines) is 1. The second kappa shape index (κ2) is 5.61. The molecule has 0 bridgehead atoms. The fraction of sp³-hybridized carbons (Fsp3) is 0.727. The molecule has 0 saturated carbocycles. The average Bonchev–Trinajstić information content (AvgIpc) is 2.85. The van der Waals surface area contributed by atoms with Crippen molar-refractivity contribution in [1.82, 2.24) is 9.88 Å². The predicted octanol–water partition coefficient (Wildman–Crippen LogP) is 1.24. The van der Waals surface area contributed by atoms with Gasteiger partial charge < -0.3 is 15.4 Å². The third-order valence-electron chi connectivity index (χ3n) is 3.03. The molecule has 0 amide bonds. The highest BCUT2D eigenvalue weighted by Gasteiger charge is 2.21. The Kier molecular flexibility index (Phi) is 4.15. The normalized spacial score (nSPS) is 21.7. The van der Waals surface area contributed by atoms with Gasteiger partial charge in [0, 0.05) is 32.0 Å². The molecular formula is C11H19N3OS. The van der Waals surface area contributed by atoms with E-state index in [1.165, 1.54) is 24.3 Å². The molecular weight excluding hydrogens is 222 g/mol. The molecule has 1 aliphatic rings. The van der Waals surface area contributed by atoms with E-state index in [0.717, 1.165) is 31.8 Å². The maximum absolute atomic E-state index is 5.60. The van der Waals surface area contributed by atoms with Gasteiger partial charge in [0.05, 0.1) is 12.3 Å². The van der Waals surface area contributed by atoms with Crippen LogP contribution in [0.3, 0.4) is 0 Å². The van der Waals surface area contributed by atoms with Gasteiger partial charge in [0.1, 0.15) is 0 Å². The van der Waals surface area contributed by atoms with Gasteiger partial charge in [0.15, 0.2) is 5.13 Å². The zero-order valence-corrected chi connectivity index (χ0v) is 10.5. The highest BCUT2D eigenvalue weighted by atomic mass is 32.1. The monoisotopic (exact) mass is 241 g/mol. The third-order valence-corrected chi connectivity index (χ3v) is 3.75. The molecule has 5 heteroatoms. The number of ether oxygens (including phenoxy) is 1. The van der Waals surface area contributed by atoms with Crippen LogP contribution in [0.1, 0.15) is 12.1 Å². The van der Waals surface area contributed by atoms with Gasteiger partial charge in [-0.15, -0.1) is 11.3 Å². The Balaban J connectivity index is 1.71. The molecule has 1 unspecified atom stereocenters. The molecule has 2 rings (SSSR count). The standard InChI is InChI=1S/C11H19N3OS/c1-15-7-9-2-4-14(6-9)5-3-10-8-16-11(12)13-10/h8-9H,2-7H2,1H3,(H2,12,13). The summed E-state index contributed by atoms with van der Waals surface area (Å²) < 4.78 is 5.19. The van der Waals surface area contributed by atoms with Gasteiger partial charge in [0.2, 0.25) is 0 Å². The lowest BCUT2D eigenvalue weighted by Crippen LogP contribution is -2.24. The lowest BCUT2D eigenvalue weighted by atomic mass is 10.1. The first kappa shape index (κ1) is 11.8. The molecule has 4 nitrogen and oxygen atoms in total. The zero-order chi connectivity index (χ0) is 11.4. The first-order valence-corrected chi connectivity index (χ1v) is 6.57. The van der Waals surface area contributed by atoms with Crippen LogP contribution in [0.5, 0.6) is 0 Å². The Morgan fingerprint density at radius 2 is 2.56 bits per heavy atom. The summed E-state index contributed by atoms with van der Waals surface area (Å²) >= 11 is 1.52. The number of hydrogen-bond donors (Lipinski definition) is 1. The Morgan fingerprint density at radius 1 is 1.69 bits per heavy atom. The number of rotatable bonds is 5. The molecule has 0 radical (unpaired) electrons. The van der Waals surface area contributed by atoms with Crippen molar-refractivity contribution in [2.75, 3.05) is 39.1 Å². The summed E-state index contributed by atoms with van der Waals surface area (Å²) in [4.78, 5) is 6.76. The van der Waals surface area contributed by atoms with Gasteiger partial charge in [-0.3, -0.25) is 0 Å². The van der Waals surface area contributed by atoms with E-state index in [1.54, 1.807) is 7.11 Å². The van der Waals surface area contributed by atoms with E-state index < -0.39 is 0 Å². The van der Waals surface area contributed by atoms with Crippen LogP contribution in [0.15, 0.2) is 5.38 Å². The fourth-order valence-electron chi connectivity index (χ4n) is 2.20. The summed E-state index contributed by atoms with van der Waals surface area (Å²) in [6.07, 6.45) is 2.26. The number of nitrogens with zero attached hydrogens (tertiary/aromatic N) is 2.